The first-order valence-electron chi connectivity index (χ1n) is 14.6. The largest absolute Gasteiger partial charge is 0.507 e. The van der Waals surface area contributed by atoms with Crippen molar-refractivity contribution in [2.24, 2.45) is 0 Å². The second-order valence-electron chi connectivity index (χ2n) is 15.4. The Labute approximate surface area is 252 Å². The molecule has 5 nitrogen and oxygen atoms in total. The zero-order valence-electron chi connectivity index (χ0n) is 27.7. The van der Waals surface area contributed by atoms with Crippen molar-refractivity contribution in [3.63, 3.8) is 0 Å². The lowest BCUT2D eigenvalue weighted by Gasteiger charge is -2.30. The van der Waals surface area contributed by atoms with Gasteiger partial charge < -0.3 is 14.6 Å². The molecule has 0 fully saturated rings. The monoisotopic (exact) mass is 572 g/mol. The minimum Gasteiger partial charge on any atom is -0.507 e. The van der Waals surface area contributed by atoms with Crippen molar-refractivity contribution in [2.75, 3.05) is 0 Å². The summed E-state index contributed by atoms with van der Waals surface area (Å²) in [6.45, 7) is 26.1. The average molecular weight is 573 g/mol. The number of benzene rings is 3. The molecule has 0 radical (unpaired) electrons. The van der Waals surface area contributed by atoms with Crippen molar-refractivity contribution in [2.45, 2.75) is 112 Å². The number of carbonyl (C=O) groups excluding carboxylic acids is 2. The molecule has 226 valence electrons. The molecule has 0 aromatic heterocycles. The highest BCUT2D eigenvalue weighted by atomic mass is 16.5. The molecule has 0 bridgehead atoms. The summed E-state index contributed by atoms with van der Waals surface area (Å²) < 4.78 is 12.0. The molecular weight excluding hydrogens is 524 g/mol. The van der Waals surface area contributed by atoms with E-state index in [1.807, 2.05) is 108 Å². The molecule has 0 aliphatic heterocycles. The van der Waals surface area contributed by atoms with E-state index in [0.717, 1.165) is 16.7 Å². The normalized spacial score (nSPS) is 12.7. The van der Waals surface area contributed by atoms with Crippen molar-refractivity contribution in [1.82, 2.24) is 0 Å². The summed E-state index contributed by atoms with van der Waals surface area (Å²) in [6, 6.07) is 14.4. The van der Waals surface area contributed by atoms with Crippen molar-refractivity contribution in [3.8, 4) is 17.2 Å². The summed E-state index contributed by atoms with van der Waals surface area (Å²) in [6.07, 6.45) is 0. The molecule has 0 aliphatic rings. The van der Waals surface area contributed by atoms with Gasteiger partial charge in [0.05, 0.1) is 11.1 Å². The van der Waals surface area contributed by atoms with E-state index < -0.39 is 33.6 Å². The van der Waals surface area contributed by atoms with Gasteiger partial charge in [-0.2, -0.15) is 0 Å². The van der Waals surface area contributed by atoms with Crippen LogP contribution in [0.5, 0.6) is 17.2 Å². The van der Waals surface area contributed by atoms with Gasteiger partial charge in [-0.05, 0) is 70.5 Å². The summed E-state index contributed by atoms with van der Waals surface area (Å²) >= 11 is 0. The summed E-state index contributed by atoms with van der Waals surface area (Å²) in [7, 11) is 0. The Morgan fingerprint density at radius 2 is 0.952 bits per heavy atom. The van der Waals surface area contributed by atoms with Gasteiger partial charge in [-0.1, -0.05) is 95.2 Å². The SMILES string of the molecule is Cc1cccc(OC(=O)c2cc(C(C)(C)C)c(OC(=O)c3cc(C(C)(C)C)c(O)c(C(C)(C)C)c3)c(C(C)(C)C)c2)c1. The Hall–Kier alpha value is -3.60. The van der Waals surface area contributed by atoms with E-state index in [0.29, 0.717) is 33.8 Å². The number of phenols is 1. The van der Waals surface area contributed by atoms with Gasteiger partial charge >= 0.3 is 11.9 Å². The lowest BCUT2D eigenvalue weighted by Crippen LogP contribution is -2.24. The van der Waals surface area contributed by atoms with Gasteiger partial charge in [0.2, 0.25) is 0 Å². The first-order valence-corrected chi connectivity index (χ1v) is 14.6. The van der Waals surface area contributed by atoms with Gasteiger partial charge in [0.1, 0.15) is 17.2 Å². The molecule has 0 saturated carbocycles. The summed E-state index contributed by atoms with van der Waals surface area (Å²) in [5, 5.41) is 11.2. The third kappa shape index (κ3) is 7.42. The minimum absolute atomic E-state index is 0.203. The highest BCUT2D eigenvalue weighted by molar-refractivity contribution is 5.94. The van der Waals surface area contributed by atoms with Crippen LogP contribution >= 0.6 is 0 Å². The molecule has 3 rings (SSSR count). The third-order valence-electron chi connectivity index (χ3n) is 7.30. The number of carbonyl (C=O) groups is 2. The fourth-order valence-electron chi connectivity index (χ4n) is 4.86. The zero-order chi connectivity index (χ0) is 32.0. The molecule has 3 aromatic rings. The topological polar surface area (TPSA) is 72.8 Å². The van der Waals surface area contributed by atoms with E-state index in [2.05, 4.69) is 0 Å². The number of phenolic OH excluding ortho intramolecular Hbond substituents is 1. The Morgan fingerprint density at radius 1 is 0.571 bits per heavy atom. The van der Waals surface area contributed by atoms with E-state index in [1.165, 1.54) is 0 Å². The van der Waals surface area contributed by atoms with Crippen LogP contribution < -0.4 is 9.47 Å². The minimum atomic E-state index is -0.517. The third-order valence-corrected chi connectivity index (χ3v) is 7.30. The number of rotatable bonds is 4. The molecular formula is C37H48O5. The summed E-state index contributed by atoms with van der Waals surface area (Å²) in [4.78, 5) is 27.3. The molecule has 1 N–H and O–H groups in total. The van der Waals surface area contributed by atoms with Gasteiger partial charge in [0.15, 0.2) is 0 Å². The molecule has 0 saturated heterocycles. The fraction of sp³-hybridized carbons (Fsp3) is 0.459. The Bertz CT molecular complexity index is 1430. The maximum absolute atomic E-state index is 13.9. The lowest BCUT2D eigenvalue weighted by molar-refractivity contribution is 0.0727. The lowest BCUT2D eigenvalue weighted by atomic mass is 9.78. The number of aryl methyl sites for hydroxylation is 1. The number of ether oxygens (including phenoxy) is 2. The van der Waals surface area contributed by atoms with Crippen LogP contribution in [0.2, 0.25) is 0 Å². The predicted molar refractivity (Wildman–Crippen MR) is 170 cm³/mol. The van der Waals surface area contributed by atoms with Gasteiger partial charge in [0, 0.05) is 22.3 Å². The summed E-state index contributed by atoms with van der Waals surface area (Å²) in [5.74, 6) is 0.125. The zero-order valence-corrected chi connectivity index (χ0v) is 27.7. The second-order valence-corrected chi connectivity index (χ2v) is 15.4. The first-order chi connectivity index (χ1) is 19.0. The smallest absolute Gasteiger partial charge is 0.343 e. The second kappa shape index (κ2) is 11.2. The molecule has 0 heterocycles. The van der Waals surface area contributed by atoms with Crippen LogP contribution in [0.3, 0.4) is 0 Å². The number of hydrogen-bond donors (Lipinski definition) is 1. The molecule has 5 heteroatoms. The van der Waals surface area contributed by atoms with Crippen LogP contribution in [0.4, 0.5) is 0 Å². The highest BCUT2D eigenvalue weighted by Gasteiger charge is 2.33. The van der Waals surface area contributed by atoms with Gasteiger partial charge in [0.25, 0.3) is 0 Å². The van der Waals surface area contributed by atoms with Crippen molar-refractivity contribution in [1.29, 1.82) is 0 Å². The molecule has 0 spiro atoms. The standard InChI is InChI=1S/C37H48O5/c1-22-15-14-16-25(17-22)41-32(39)24-20-28(36(8,9)10)31(29(21-24)37(11,12)13)42-33(40)23-18-26(34(2,3)4)30(38)27(19-23)35(5,6)7/h14-21,38H,1-13H3. The Kier molecular flexibility index (Phi) is 8.81. The quantitative estimate of drug-likeness (QED) is 0.249. The number of hydrogen-bond acceptors (Lipinski definition) is 5. The maximum atomic E-state index is 13.9. The molecule has 42 heavy (non-hydrogen) atoms. The van der Waals surface area contributed by atoms with Crippen LogP contribution in [-0.4, -0.2) is 17.0 Å². The Morgan fingerprint density at radius 3 is 1.33 bits per heavy atom. The molecule has 3 aromatic carbocycles. The van der Waals surface area contributed by atoms with Gasteiger partial charge in [-0.15, -0.1) is 0 Å². The number of esters is 2. The van der Waals surface area contributed by atoms with Crippen LogP contribution in [0.15, 0.2) is 48.5 Å². The van der Waals surface area contributed by atoms with E-state index in [1.54, 1.807) is 30.3 Å². The van der Waals surface area contributed by atoms with Crippen molar-refractivity contribution >= 4 is 11.9 Å². The van der Waals surface area contributed by atoms with E-state index >= 15 is 0 Å². The molecule has 0 amide bonds. The highest BCUT2D eigenvalue weighted by Crippen LogP contribution is 2.43. The predicted octanol–water partition coefficient (Wildman–Crippen LogP) is 9.33. The molecule has 0 atom stereocenters. The fourth-order valence-corrected chi connectivity index (χ4v) is 4.86. The van der Waals surface area contributed by atoms with Crippen LogP contribution in [-0.2, 0) is 21.7 Å². The molecule has 0 aliphatic carbocycles. The van der Waals surface area contributed by atoms with E-state index in [4.69, 9.17) is 9.47 Å². The van der Waals surface area contributed by atoms with E-state index in [9.17, 15) is 14.7 Å². The molecule has 0 unspecified atom stereocenters. The number of aromatic hydroxyl groups is 1. The van der Waals surface area contributed by atoms with Gasteiger partial charge in [-0.3, -0.25) is 0 Å². The van der Waals surface area contributed by atoms with Crippen LogP contribution in [0, 0.1) is 6.92 Å². The maximum Gasteiger partial charge on any atom is 0.343 e. The van der Waals surface area contributed by atoms with Crippen molar-refractivity contribution in [3.05, 3.63) is 87.5 Å². The Balaban J connectivity index is 2.20. The van der Waals surface area contributed by atoms with E-state index in [-0.39, 0.29) is 5.75 Å². The van der Waals surface area contributed by atoms with Crippen molar-refractivity contribution < 1.29 is 24.2 Å². The van der Waals surface area contributed by atoms with Crippen LogP contribution in [0.1, 0.15) is 132 Å². The average Bonchev–Trinajstić information content (AvgIpc) is 2.81. The first kappa shape index (κ1) is 32.9. The van der Waals surface area contributed by atoms with Gasteiger partial charge in [-0.25, -0.2) is 9.59 Å². The van der Waals surface area contributed by atoms with Crippen LogP contribution in [0.25, 0.3) is 0 Å². The summed E-state index contributed by atoms with van der Waals surface area (Å²) in [5.41, 5.74) is 2.86.